The van der Waals surface area contributed by atoms with Gasteiger partial charge >= 0.3 is 0 Å². The highest BCUT2D eigenvalue weighted by Crippen LogP contribution is 2.24. The summed E-state index contributed by atoms with van der Waals surface area (Å²) in [5.74, 6) is 0.870. The lowest BCUT2D eigenvalue weighted by atomic mass is 10.1. The van der Waals surface area contributed by atoms with E-state index in [9.17, 15) is 0 Å². The molecule has 3 nitrogen and oxygen atoms in total. The number of fused-ring (bicyclic) bond motifs is 1. The summed E-state index contributed by atoms with van der Waals surface area (Å²) in [6.07, 6.45) is 0. The predicted octanol–water partition coefficient (Wildman–Crippen LogP) is 2.71. The van der Waals surface area contributed by atoms with E-state index in [1.54, 1.807) is 7.11 Å². The molecular formula is C17H20N2O. The standard InChI is InChI=1S/C17H20N2O/c1-20-16-8-6-13(7-9-16)17(18)12-19-10-14-4-2-3-5-15(14)11-19/h2-9,17H,10-12,18H2,1H3. The smallest absolute Gasteiger partial charge is 0.118 e. The van der Waals surface area contributed by atoms with Gasteiger partial charge < -0.3 is 10.5 Å². The van der Waals surface area contributed by atoms with Crippen molar-refractivity contribution in [3.05, 3.63) is 65.2 Å². The first-order valence-corrected chi connectivity index (χ1v) is 6.95. The van der Waals surface area contributed by atoms with E-state index >= 15 is 0 Å². The number of benzene rings is 2. The Balaban J connectivity index is 1.64. The molecule has 1 aliphatic heterocycles. The highest BCUT2D eigenvalue weighted by Gasteiger charge is 2.20. The topological polar surface area (TPSA) is 38.5 Å². The van der Waals surface area contributed by atoms with Crippen LogP contribution >= 0.6 is 0 Å². The number of hydrogen-bond acceptors (Lipinski definition) is 3. The molecule has 3 rings (SSSR count). The predicted molar refractivity (Wildman–Crippen MR) is 80.5 cm³/mol. The molecule has 2 aromatic rings. The maximum atomic E-state index is 6.32. The molecule has 3 heteroatoms. The molecule has 1 aliphatic rings. The lowest BCUT2D eigenvalue weighted by Crippen LogP contribution is -2.28. The minimum Gasteiger partial charge on any atom is -0.497 e. The first-order valence-electron chi connectivity index (χ1n) is 6.95. The summed E-state index contributed by atoms with van der Waals surface area (Å²) in [6, 6.07) is 16.7. The Morgan fingerprint density at radius 3 is 2.20 bits per heavy atom. The van der Waals surface area contributed by atoms with E-state index in [-0.39, 0.29) is 6.04 Å². The Bertz CT molecular complexity index is 555. The first-order chi connectivity index (χ1) is 9.76. The highest BCUT2D eigenvalue weighted by atomic mass is 16.5. The largest absolute Gasteiger partial charge is 0.497 e. The molecule has 0 amide bonds. The third-order valence-corrected chi connectivity index (χ3v) is 3.91. The van der Waals surface area contributed by atoms with Gasteiger partial charge in [-0.1, -0.05) is 36.4 Å². The summed E-state index contributed by atoms with van der Waals surface area (Å²) in [4.78, 5) is 2.40. The number of nitrogens with zero attached hydrogens (tertiary/aromatic N) is 1. The van der Waals surface area contributed by atoms with E-state index < -0.39 is 0 Å². The average molecular weight is 268 g/mol. The van der Waals surface area contributed by atoms with Gasteiger partial charge in [-0.2, -0.15) is 0 Å². The van der Waals surface area contributed by atoms with Crippen LogP contribution in [0.5, 0.6) is 5.75 Å². The highest BCUT2D eigenvalue weighted by molar-refractivity contribution is 5.31. The van der Waals surface area contributed by atoms with Crippen LogP contribution in [0, 0.1) is 0 Å². The van der Waals surface area contributed by atoms with E-state index in [1.165, 1.54) is 11.1 Å². The molecule has 0 aliphatic carbocycles. The molecule has 1 atom stereocenters. The molecule has 0 fully saturated rings. The van der Waals surface area contributed by atoms with Crippen molar-refractivity contribution in [2.45, 2.75) is 19.1 Å². The van der Waals surface area contributed by atoms with Crippen molar-refractivity contribution in [3.63, 3.8) is 0 Å². The molecule has 0 radical (unpaired) electrons. The summed E-state index contributed by atoms with van der Waals surface area (Å²) >= 11 is 0. The third-order valence-electron chi connectivity index (χ3n) is 3.91. The molecule has 1 heterocycles. The van der Waals surface area contributed by atoms with Gasteiger partial charge in [0.05, 0.1) is 7.11 Å². The average Bonchev–Trinajstić information content (AvgIpc) is 2.89. The first kappa shape index (κ1) is 13.2. The normalized spacial score (nSPS) is 15.9. The van der Waals surface area contributed by atoms with Crippen LogP contribution in [-0.2, 0) is 13.1 Å². The van der Waals surface area contributed by atoms with E-state index in [2.05, 4.69) is 29.2 Å². The second kappa shape index (κ2) is 5.65. The molecule has 104 valence electrons. The zero-order valence-electron chi connectivity index (χ0n) is 11.8. The fourth-order valence-corrected chi connectivity index (χ4v) is 2.77. The molecule has 20 heavy (non-hydrogen) atoms. The Labute approximate surface area is 120 Å². The number of hydrogen-bond donors (Lipinski definition) is 1. The molecule has 0 bridgehead atoms. The molecule has 0 saturated heterocycles. The van der Waals surface area contributed by atoms with Crippen LogP contribution in [0.25, 0.3) is 0 Å². The molecule has 0 aromatic heterocycles. The van der Waals surface area contributed by atoms with Crippen molar-refractivity contribution in [1.29, 1.82) is 0 Å². The lowest BCUT2D eigenvalue weighted by molar-refractivity contribution is 0.266. The molecule has 0 spiro atoms. The van der Waals surface area contributed by atoms with Gasteiger partial charge in [-0.05, 0) is 28.8 Å². The minimum atomic E-state index is 0.0372. The van der Waals surface area contributed by atoms with Crippen molar-refractivity contribution in [1.82, 2.24) is 4.90 Å². The van der Waals surface area contributed by atoms with Crippen molar-refractivity contribution >= 4 is 0 Å². The van der Waals surface area contributed by atoms with Crippen molar-refractivity contribution in [3.8, 4) is 5.75 Å². The van der Waals surface area contributed by atoms with Crippen LogP contribution in [-0.4, -0.2) is 18.6 Å². The van der Waals surface area contributed by atoms with Crippen molar-refractivity contribution < 1.29 is 4.74 Å². The summed E-state index contributed by atoms with van der Waals surface area (Å²) < 4.78 is 5.17. The molecule has 1 unspecified atom stereocenters. The SMILES string of the molecule is COc1ccc(C(N)CN2Cc3ccccc3C2)cc1. The lowest BCUT2D eigenvalue weighted by Gasteiger charge is -2.20. The maximum absolute atomic E-state index is 6.32. The van der Waals surface area contributed by atoms with Gasteiger partial charge in [0.15, 0.2) is 0 Å². The number of nitrogens with two attached hydrogens (primary N) is 1. The van der Waals surface area contributed by atoms with Crippen molar-refractivity contribution in [2.24, 2.45) is 5.73 Å². The summed E-state index contributed by atoms with van der Waals surface area (Å²) in [5, 5.41) is 0. The van der Waals surface area contributed by atoms with Gasteiger partial charge in [0.25, 0.3) is 0 Å². The summed E-state index contributed by atoms with van der Waals surface area (Å²) in [6.45, 7) is 2.88. The van der Waals surface area contributed by atoms with Gasteiger partial charge in [0.1, 0.15) is 5.75 Å². The Morgan fingerprint density at radius 1 is 1.05 bits per heavy atom. The van der Waals surface area contributed by atoms with Crippen LogP contribution in [0.2, 0.25) is 0 Å². The fraction of sp³-hybridized carbons (Fsp3) is 0.294. The third kappa shape index (κ3) is 2.69. The number of ether oxygens (including phenoxy) is 1. The van der Waals surface area contributed by atoms with Crippen molar-refractivity contribution in [2.75, 3.05) is 13.7 Å². The van der Waals surface area contributed by atoms with Gasteiger partial charge in [0.2, 0.25) is 0 Å². The zero-order chi connectivity index (χ0) is 13.9. The van der Waals surface area contributed by atoms with Crippen LogP contribution in [0.3, 0.4) is 0 Å². The Hall–Kier alpha value is -1.84. The fourth-order valence-electron chi connectivity index (χ4n) is 2.77. The van der Waals surface area contributed by atoms with E-state index in [0.29, 0.717) is 0 Å². The molecule has 0 saturated carbocycles. The Morgan fingerprint density at radius 2 is 1.65 bits per heavy atom. The van der Waals surface area contributed by atoms with Gasteiger partial charge in [-0.15, -0.1) is 0 Å². The van der Waals surface area contributed by atoms with Gasteiger partial charge in [-0.3, -0.25) is 4.90 Å². The summed E-state index contributed by atoms with van der Waals surface area (Å²) in [5.41, 5.74) is 10.3. The monoisotopic (exact) mass is 268 g/mol. The van der Waals surface area contributed by atoms with Crippen LogP contribution in [0.15, 0.2) is 48.5 Å². The summed E-state index contributed by atoms with van der Waals surface area (Å²) in [7, 11) is 1.68. The quantitative estimate of drug-likeness (QED) is 0.926. The van der Waals surface area contributed by atoms with Crippen LogP contribution in [0.4, 0.5) is 0 Å². The van der Waals surface area contributed by atoms with Gasteiger partial charge in [0, 0.05) is 25.7 Å². The second-order valence-electron chi connectivity index (χ2n) is 5.32. The van der Waals surface area contributed by atoms with Crippen LogP contribution < -0.4 is 10.5 Å². The molecular weight excluding hydrogens is 248 g/mol. The van der Waals surface area contributed by atoms with E-state index in [1.807, 2.05) is 24.3 Å². The van der Waals surface area contributed by atoms with E-state index in [0.717, 1.165) is 30.9 Å². The van der Waals surface area contributed by atoms with Gasteiger partial charge in [-0.25, -0.2) is 0 Å². The molecule has 2 aromatic carbocycles. The maximum Gasteiger partial charge on any atom is 0.118 e. The van der Waals surface area contributed by atoms with E-state index in [4.69, 9.17) is 10.5 Å². The molecule has 2 N–H and O–H groups in total. The number of methoxy groups -OCH3 is 1. The minimum absolute atomic E-state index is 0.0372. The zero-order valence-corrected chi connectivity index (χ0v) is 11.8. The number of rotatable bonds is 4. The Kier molecular flexibility index (Phi) is 3.72. The van der Waals surface area contributed by atoms with Crippen LogP contribution in [0.1, 0.15) is 22.7 Å². The second-order valence-corrected chi connectivity index (χ2v) is 5.32.